The minimum atomic E-state index is 0.383. The fourth-order valence-corrected chi connectivity index (χ4v) is 2.31. The van der Waals surface area contributed by atoms with Crippen molar-refractivity contribution in [3.8, 4) is 0 Å². The zero-order valence-electron chi connectivity index (χ0n) is 11.4. The van der Waals surface area contributed by atoms with Crippen LogP contribution >= 0.6 is 11.6 Å². The number of aromatic nitrogens is 2. The van der Waals surface area contributed by atoms with Gasteiger partial charge in [0, 0.05) is 24.3 Å². The van der Waals surface area contributed by atoms with Gasteiger partial charge in [-0.25, -0.2) is 0 Å². The van der Waals surface area contributed by atoms with Gasteiger partial charge in [0.2, 0.25) is 0 Å². The zero-order valence-corrected chi connectivity index (χ0v) is 12.2. The lowest BCUT2D eigenvalue weighted by Crippen LogP contribution is -2.23. The number of hydrogen-bond donors (Lipinski definition) is 1. The van der Waals surface area contributed by atoms with Crippen LogP contribution in [0, 0.1) is 0 Å². The second kappa shape index (κ2) is 6.73. The Bertz CT molecular complexity index is 504. The van der Waals surface area contributed by atoms with Gasteiger partial charge in [0.05, 0.1) is 6.20 Å². The fraction of sp³-hybridized carbons (Fsp3) is 0.400. The summed E-state index contributed by atoms with van der Waals surface area (Å²) in [4.78, 5) is 0. The van der Waals surface area contributed by atoms with Gasteiger partial charge in [-0.1, -0.05) is 30.7 Å². The number of halogens is 1. The van der Waals surface area contributed by atoms with Crippen LogP contribution in [0.4, 0.5) is 0 Å². The van der Waals surface area contributed by atoms with E-state index in [1.165, 1.54) is 11.1 Å². The monoisotopic (exact) mass is 277 g/mol. The number of hydrogen-bond acceptors (Lipinski definition) is 2. The number of nitrogens with zero attached hydrogens (tertiary/aromatic N) is 2. The van der Waals surface area contributed by atoms with E-state index >= 15 is 0 Å². The van der Waals surface area contributed by atoms with Crippen molar-refractivity contribution in [3.63, 3.8) is 0 Å². The van der Waals surface area contributed by atoms with Gasteiger partial charge >= 0.3 is 0 Å². The summed E-state index contributed by atoms with van der Waals surface area (Å²) >= 11 is 5.92. The summed E-state index contributed by atoms with van der Waals surface area (Å²) in [5.74, 6) is 0. The number of benzene rings is 1. The molecule has 1 heterocycles. The molecule has 1 aromatic heterocycles. The molecule has 1 atom stereocenters. The molecule has 0 bridgehead atoms. The van der Waals surface area contributed by atoms with Crippen LogP contribution in [-0.4, -0.2) is 16.3 Å². The van der Waals surface area contributed by atoms with Crippen LogP contribution in [0.3, 0.4) is 0 Å². The molecular weight excluding hydrogens is 258 g/mol. The van der Waals surface area contributed by atoms with Crippen LogP contribution < -0.4 is 5.32 Å². The predicted octanol–water partition coefficient (Wildman–Crippen LogP) is 3.36. The highest BCUT2D eigenvalue weighted by Crippen LogP contribution is 2.19. The van der Waals surface area contributed by atoms with Gasteiger partial charge in [0.1, 0.15) is 0 Å². The van der Waals surface area contributed by atoms with Crippen molar-refractivity contribution in [2.45, 2.75) is 25.8 Å². The van der Waals surface area contributed by atoms with E-state index in [1.807, 2.05) is 30.1 Å². The van der Waals surface area contributed by atoms with Gasteiger partial charge in [-0.15, -0.1) is 0 Å². The lowest BCUT2D eigenvalue weighted by Gasteiger charge is -2.17. The topological polar surface area (TPSA) is 29.9 Å². The van der Waals surface area contributed by atoms with Gasteiger partial charge < -0.3 is 5.32 Å². The summed E-state index contributed by atoms with van der Waals surface area (Å²) in [6.45, 7) is 3.14. The number of rotatable bonds is 6. The molecule has 2 rings (SSSR count). The standard InChI is InChI=1S/C15H20ClN3/c1-3-15(13-4-6-14(16)7-5-13)17-9-8-12-10-18-19(2)11-12/h4-7,10-11,15,17H,3,8-9H2,1-2H3. The molecule has 19 heavy (non-hydrogen) atoms. The molecule has 4 heteroatoms. The first-order valence-corrected chi connectivity index (χ1v) is 7.03. The minimum absolute atomic E-state index is 0.383. The molecule has 0 radical (unpaired) electrons. The highest BCUT2D eigenvalue weighted by atomic mass is 35.5. The van der Waals surface area contributed by atoms with Crippen molar-refractivity contribution in [1.82, 2.24) is 15.1 Å². The van der Waals surface area contributed by atoms with Crippen molar-refractivity contribution in [2.24, 2.45) is 7.05 Å². The summed E-state index contributed by atoms with van der Waals surface area (Å²) in [6, 6.07) is 8.46. The van der Waals surface area contributed by atoms with Crippen molar-refractivity contribution < 1.29 is 0 Å². The predicted molar refractivity (Wildman–Crippen MR) is 79.4 cm³/mol. The lowest BCUT2D eigenvalue weighted by molar-refractivity contribution is 0.522. The first-order chi connectivity index (χ1) is 9.19. The Labute approximate surface area is 119 Å². The Morgan fingerprint density at radius 3 is 2.63 bits per heavy atom. The molecule has 0 amide bonds. The lowest BCUT2D eigenvalue weighted by atomic mass is 10.0. The number of aryl methyl sites for hydroxylation is 1. The molecule has 102 valence electrons. The molecule has 1 N–H and O–H groups in total. The molecule has 0 fully saturated rings. The van der Waals surface area contributed by atoms with Gasteiger partial charge in [-0.3, -0.25) is 4.68 Å². The molecular formula is C15H20ClN3. The fourth-order valence-electron chi connectivity index (χ4n) is 2.18. The highest BCUT2D eigenvalue weighted by molar-refractivity contribution is 6.30. The van der Waals surface area contributed by atoms with E-state index < -0.39 is 0 Å². The van der Waals surface area contributed by atoms with Crippen molar-refractivity contribution >= 4 is 11.6 Å². The molecule has 0 aliphatic heterocycles. The molecule has 1 aromatic carbocycles. The average molecular weight is 278 g/mol. The maximum atomic E-state index is 5.92. The molecule has 2 aromatic rings. The third-order valence-electron chi connectivity index (χ3n) is 3.24. The van der Waals surface area contributed by atoms with Crippen LogP contribution in [0.25, 0.3) is 0 Å². The van der Waals surface area contributed by atoms with Crippen molar-refractivity contribution in [3.05, 3.63) is 52.8 Å². The van der Waals surface area contributed by atoms with E-state index in [4.69, 9.17) is 11.6 Å². The van der Waals surface area contributed by atoms with Gasteiger partial charge in [0.25, 0.3) is 0 Å². The molecule has 0 aliphatic carbocycles. The van der Waals surface area contributed by atoms with Crippen molar-refractivity contribution in [2.75, 3.05) is 6.54 Å². The van der Waals surface area contributed by atoms with Gasteiger partial charge in [-0.05, 0) is 42.6 Å². The third-order valence-corrected chi connectivity index (χ3v) is 3.50. The second-order valence-corrected chi connectivity index (χ2v) is 5.18. The van der Waals surface area contributed by atoms with Gasteiger partial charge in [-0.2, -0.15) is 5.10 Å². The Morgan fingerprint density at radius 2 is 2.05 bits per heavy atom. The van der Waals surface area contributed by atoms with E-state index in [2.05, 4.69) is 35.7 Å². The Hall–Kier alpha value is -1.32. The largest absolute Gasteiger partial charge is 0.310 e. The van der Waals surface area contributed by atoms with E-state index in [0.717, 1.165) is 24.4 Å². The van der Waals surface area contributed by atoms with E-state index in [9.17, 15) is 0 Å². The molecule has 0 saturated heterocycles. The minimum Gasteiger partial charge on any atom is -0.310 e. The van der Waals surface area contributed by atoms with Crippen molar-refractivity contribution in [1.29, 1.82) is 0 Å². The number of nitrogens with one attached hydrogen (secondary N) is 1. The Balaban J connectivity index is 1.87. The van der Waals surface area contributed by atoms with Crippen LogP contribution in [0.15, 0.2) is 36.7 Å². The van der Waals surface area contributed by atoms with E-state index in [0.29, 0.717) is 6.04 Å². The van der Waals surface area contributed by atoms with Crippen LogP contribution in [0.1, 0.15) is 30.5 Å². The Morgan fingerprint density at radius 1 is 1.32 bits per heavy atom. The quantitative estimate of drug-likeness (QED) is 0.877. The zero-order chi connectivity index (χ0) is 13.7. The molecule has 0 aliphatic rings. The van der Waals surface area contributed by atoms with Crippen LogP contribution in [-0.2, 0) is 13.5 Å². The summed E-state index contributed by atoms with van der Waals surface area (Å²) in [6.07, 6.45) is 6.04. The van der Waals surface area contributed by atoms with Crippen LogP contribution in [0.2, 0.25) is 5.02 Å². The molecule has 1 unspecified atom stereocenters. The summed E-state index contributed by atoms with van der Waals surface area (Å²) < 4.78 is 1.84. The summed E-state index contributed by atoms with van der Waals surface area (Å²) in [5.41, 5.74) is 2.55. The third kappa shape index (κ3) is 4.08. The highest BCUT2D eigenvalue weighted by Gasteiger charge is 2.08. The van der Waals surface area contributed by atoms with E-state index in [1.54, 1.807) is 0 Å². The normalized spacial score (nSPS) is 12.6. The first kappa shape index (κ1) is 14.1. The SMILES string of the molecule is CCC(NCCc1cnn(C)c1)c1ccc(Cl)cc1. The maximum absolute atomic E-state index is 5.92. The second-order valence-electron chi connectivity index (χ2n) is 4.74. The molecule has 0 spiro atoms. The maximum Gasteiger partial charge on any atom is 0.0522 e. The summed E-state index contributed by atoms with van der Waals surface area (Å²) in [5, 5.41) is 8.55. The van der Waals surface area contributed by atoms with E-state index in [-0.39, 0.29) is 0 Å². The van der Waals surface area contributed by atoms with Gasteiger partial charge in [0.15, 0.2) is 0 Å². The Kier molecular flexibility index (Phi) is 5.00. The molecule has 3 nitrogen and oxygen atoms in total. The smallest absolute Gasteiger partial charge is 0.0522 e. The summed E-state index contributed by atoms with van der Waals surface area (Å²) in [7, 11) is 1.94. The van der Waals surface area contributed by atoms with Crippen LogP contribution in [0.5, 0.6) is 0 Å². The first-order valence-electron chi connectivity index (χ1n) is 6.65. The molecule has 0 saturated carbocycles. The average Bonchev–Trinajstić information content (AvgIpc) is 2.82.